The molecule has 1 aliphatic heterocycles. The number of hydrogen-bond donors (Lipinski definition) is 1. The zero-order chi connectivity index (χ0) is 22.5. The average Bonchev–Trinajstić information content (AvgIpc) is 2.99. The molecule has 1 saturated carbocycles. The van der Waals surface area contributed by atoms with Crippen LogP contribution in [0.2, 0.25) is 0 Å². The van der Waals surface area contributed by atoms with Gasteiger partial charge in [0.2, 0.25) is 5.95 Å². The number of aromatic nitrogens is 2. The lowest BCUT2D eigenvalue weighted by molar-refractivity contribution is 0.177. The van der Waals surface area contributed by atoms with Gasteiger partial charge in [-0.25, -0.2) is 9.78 Å². The maximum atomic E-state index is 12.3. The minimum Gasteiger partial charge on any atom is -0.490 e. The van der Waals surface area contributed by atoms with Crippen LogP contribution in [-0.2, 0) is 4.74 Å². The molecule has 0 spiro atoms. The van der Waals surface area contributed by atoms with Crippen molar-refractivity contribution in [1.82, 2.24) is 9.97 Å². The van der Waals surface area contributed by atoms with Gasteiger partial charge in [0, 0.05) is 6.20 Å². The van der Waals surface area contributed by atoms with Crippen molar-refractivity contribution in [2.24, 2.45) is 5.92 Å². The standard InChI is InChI=1S/C25H34N4O3/c1-17(2)22-16-31-25(30)29(22)23-13-14-26-24(28-23)27-18(3)19-9-8-12-21(15-19)32-20-10-6-4-5-7-11-20/h8-9,12-15,17-18,20,22H,4-7,10-11,16H2,1-3H3,(H,26,27,28). The molecule has 0 radical (unpaired) electrons. The molecular formula is C25H34N4O3. The molecule has 1 saturated heterocycles. The largest absolute Gasteiger partial charge is 0.490 e. The summed E-state index contributed by atoms with van der Waals surface area (Å²) in [5, 5.41) is 3.37. The number of rotatable bonds is 7. The summed E-state index contributed by atoms with van der Waals surface area (Å²) in [5.74, 6) is 2.22. The summed E-state index contributed by atoms with van der Waals surface area (Å²) < 4.78 is 11.6. The third-order valence-electron chi connectivity index (χ3n) is 6.37. The molecule has 1 aromatic carbocycles. The number of nitrogens with zero attached hydrogens (tertiary/aromatic N) is 3. The average molecular weight is 439 g/mol. The van der Waals surface area contributed by atoms with Gasteiger partial charge in [-0.1, -0.05) is 38.8 Å². The number of carbonyl (C=O) groups excluding carboxylic acids is 1. The van der Waals surface area contributed by atoms with Gasteiger partial charge in [-0.2, -0.15) is 4.98 Å². The van der Waals surface area contributed by atoms with E-state index < -0.39 is 0 Å². The quantitative estimate of drug-likeness (QED) is 0.556. The van der Waals surface area contributed by atoms with Crippen LogP contribution >= 0.6 is 0 Å². The smallest absolute Gasteiger partial charge is 0.415 e. The van der Waals surface area contributed by atoms with Crippen molar-refractivity contribution in [1.29, 1.82) is 0 Å². The monoisotopic (exact) mass is 438 g/mol. The zero-order valence-corrected chi connectivity index (χ0v) is 19.3. The minimum atomic E-state index is -0.357. The van der Waals surface area contributed by atoms with Gasteiger partial charge in [0.05, 0.1) is 18.2 Å². The molecule has 2 fully saturated rings. The second-order valence-electron chi connectivity index (χ2n) is 9.17. The fourth-order valence-electron chi connectivity index (χ4n) is 4.43. The summed E-state index contributed by atoms with van der Waals surface area (Å²) in [6.45, 7) is 6.60. The van der Waals surface area contributed by atoms with Crippen LogP contribution in [-0.4, -0.2) is 34.8 Å². The van der Waals surface area contributed by atoms with Gasteiger partial charge in [0.25, 0.3) is 0 Å². The number of nitrogens with one attached hydrogen (secondary N) is 1. The van der Waals surface area contributed by atoms with E-state index in [1.54, 1.807) is 17.2 Å². The highest BCUT2D eigenvalue weighted by Crippen LogP contribution is 2.28. The Hall–Kier alpha value is -2.83. The Morgan fingerprint density at radius 1 is 1.12 bits per heavy atom. The van der Waals surface area contributed by atoms with Gasteiger partial charge in [0.15, 0.2) is 0 Å². The van der Waals surface area contributed by atoms with E-state index in [9.17, 15) is 4.79 Å². The van der Waals surface area contributed by atoms with Crippen LogP contribution in [0.1, 0.15) is 70.9 Å². The Labute approximate surface area is 190 Å². The SMILES string of the molecule is CC(Nc1nccc(N2C(=O)OCC2C(C)C)n1)c1cccc(OC2CCCCCC2)c1. The van der Waals surface area contributed by atoms with Gasteiger partial charge in [-0.3, -0.25) is 4.90 Å². The predicted octanol–water partition coefficient (Wildman–Crippen LogP) is 5.73. The topological polar surface area (TPSA) is 76.6 Å². The van der Waals surface area contributed by atoms with Crippen LogP contribution in [0, 0.1) is 5.92 Å². The van der Waals surface area contributed by atoms with Crippen molar-refractivity contribution in [3.63, 3.8) is 0 Å². The molecule has 2 atom stereocenters. The van der Waals surface area contributed by atoms with Crippen LogP contribution in [0.4, 0.5) is 16.6 Å². The van der Waals surface area contributed by atoms with Gasteiger partial charge < -0.3 is 14.8 Å². The molecule has 2 aliphatic rings. The second kappa shape index (κ2) is 10.2. The van der Waals surface area contributed by atoms with Crippen LogP contribution in [0.25, 0.3) is 0 Å². The summed E-state index contributed by atoms with van der Waals surface area (Å²) in [6.07, 6.45) is 9.02. The van der Waals surface area contributed by atoms with Crippen LogP contribution < -0.4 is 15.0 Å². The Balaban J connectivity index is 1.44. The van der Waals surface area contributed by atoms with Crippen molar-refractivity contribution in [3.05, 3.63) is 42.1 Å². The van der Waals surface area contributed by atoms with Gasteiger partial charge in [-0.05, 0) is 62.3 Å². The summed E-state index contributed by atoms with van der Waals surface area (Å²) >= 11 is 0. The molecule has 7 heteroatoms. The summed E-state index contributed by atoms with van der Waals surface area (Å²) in [5.41, 5.74) is 1.10. The highest BCUT2D eigenvalue weighted by molar-refractivity contribution is 5.89. The van der Waals surface area contributed by atoms with Crippen LogP contribution in [0.3, 0.4) is 0 Å². The van der Waals surface area contributed by atoms with Gasteiger partial charge in [-0.15, -0.1) is 0 Å². The third-order valence-corrected chi connectivity index (χ3v) is 6.37. The highest BCUT2D eigenvalue weighted by Gasteiger charge is 2.37. The lowest BCUT2D eigenvalue weighted by atomic mass is 10.0. The molecule has 0 bridgehead atoms. The van der Waals surface area contributed by atoms with Crippen molar-refractivity contribution in [2.75, 3.05) is 16.8 Å². The van der Waals surface area contributed by atoms with E-state index in [-0.39, 0.29) is 24.1 Å². The van der Waals surface area contributed by atoms with E-state index in [2.05, 4.69) is 48.2 Å². The number of benzene rings is 1. The number of cyclic esters (lactones) is 1. The molecule has 1 aliphatic carbocycles. The molecule has 1 N–H and O–H groups in total. The Morgan fingerprint density at radius 2 is 1.91 bits per heavy atom. The molecule has 4 rings (SSSR count). The number of carbonyl (C=O) groups is 1. The number of ether oxygens (including phenoxy) is 2. The molecular weight excluding hydrogens is 404 g/mol. The second-order valence-corrected chi connectivity index (χ2v) is 9.17. The summed E-state index contributed by atoms with van der Waals surface area (Å²) in [6, 6.07) is 9.94. The van der Waals surface area contributed by atoms with E-state index >= 15 is 0 Å². The number of anilines is 2. The molecule has 2 heterocycles. The van der Waals surface area contributed by atoms with E-state index in [0.29, 0.717) is 24.5 Å². The zero-order valence-electron chi connectivity index (χ0n) is 19.3. The molecule has 7 nitrogen and oxygen atoms in total. The minimum absolute atomic E-state index is 0.0191. The molecule has 2 unspecified atom stereocenters. The van der Waals surface area contributed by atoms with Crippen molar-refractivity contribution >= 4 is 17.9 Å². The van der Waals surface area contributed by atoms with Crippen LogP contribution in [0.5, 0.6) is 5.75 Å². The first-order valence-corrected chi connectivity index (χ1v) is 11.8. The van der Waals surface area contributed by atoms with E-state index in [0.717, 1.165) is 24.2 Å². The van der Waals surface area contributed by atoms with Gasteiger partial charge >= 0.3 is 6.09 Å². The van der Waals surface area contributed by atoms with Crippen molar-refractivity contribution in [3.8, 4) is 5.75 Å². The van der Waals surface area contributed by atoms with E-state index in [4.69, 9.17) is 9.47 Å². The summed E-state index contributed by atoms with van der Waals surface area (Å²) in [7, 11) is 0. The maximum Gasteiger partial charge on any atom is 0.415 e. The van der Waals surface area contributed by atoms with Gasteiger partial charge in [0.1, 0.15) is 18.2 Å². The fourth-order valence-corrected chi connectivity index (χ4v) is 4.43. The lowest BCUT2D eigenvalue weighted by Gasteiger charge is -2.24. The highest BCUT2D eigenvalue weighted by atomic mass is 16.6. The third kappa shape index (κ3) is 5.31. The fraction of sp³-hybridized carbons (Fsp3) is 0.560. The molecule has 1 aromatic heterocycles. The molecule has 172 valence electrons. The van der Waals surface area contributed by atoms with E-state index in [1.165, 1.54) is 25.7 Å². The lowest BCUT2D eigenvalue weighted by Crippen LogP contribution is -2.37. The molecule has 2 aromatic rings. The first kappa shape index (κ1) is 22.4. The van der Waals surface area contributed by atoms with Crippen molar-refractivity contribution in [2.45, 2.75) is 77.5 Å². The number of amides is 1. The number of hydrogen-bond acceptors (Lipinski definition) is 6. The maximum absolute atomic E-state index is 12.3. The van der Waals surface area contributed by atoms with Crippen LogP contribution in [0.15, 0.2) is 36.5 Å². The summed E-state index contributed by atoms with van der Waals surface area (Å²) in [4.78, 5) is 22.9. The first-order chi connectivity index (χ1) is 15.5. The Bertz CT molecular complexity index is 912. The molecule has 1 amide bonds. The predicted molar refractivity (Wildman–Crippen MR) is 125 cm³/mol. The Kier molecular flexibility index (Phi) is 7.12. The normalized spacial score (nSPS) is 20.7. The first-order valence-electron chi connectivity index (χ1n) is 11.8. The van der Waals surface area contributed by atoms with Crippen molar-refractivity contribution < 1.29 is 14.3 Å². The van der Waals surface area contributed by atoms with E-state index in [1.807, 2.05) is 12.1 Å². The Morgan fingerprint density at radius 3 is 2.66 bits per heavy atom. The molecule has 32 heavy (non-hydrogen) atoms.